The molecule has 5 nitrogen and oxygen atoms in total. The van der Waals surface area contributed by atoms with Crippen molar-refractivity contribution in [2.75, 3.05) is 17.7 Å². The number of carbonyl (C=O) groups is 2. The van der Waals surface area contributed by atoms with Crippen LogP contribution in [-0.4, -0.2) is 18.9 Å². The van der Waals surface area contributed by atoms with Gasteiger partial charge in [0, 0.05) is 5.69 Å². The number of hydrogen-bond donors (Lipinski definition) is 2. The quantitative estimate of drug-likeness (QED) is 0.791. The van der Waals surface area contributed by atoms with Crippen molar-refractivity contribution in [3.63, 3.8) is 0 Å². The van der Waals surface area contributed by atoms with E-state index in [0.717, 1.165) is 0 Å². The lowest BCUT2D eigenvalue weighted by Crippen LogP contribution is -2.29. The third-order valence-corrected chi connectivity index (χ3v) is 3.93. The predicted octanol–water partition coefficient (Wildman–Crippen LogP) is 4.23. The molecule has 0 atom stereocenters. The van der Waals surface area contributed by atoms with E-state index in [1.165, 1.54) is 19.2 Å². The molecule has 0 aromatic heterocycles. The molecular formula is C15H11Cl3N2O3. The van der Waals surface area contributed by atoms with Crippen LogP contribution in [0.4, 0.5) is 11.4 Å². The van der Waals surface area contributed by atoms with Crippen LogP contribution in [-0.2, 0) is 9.59 Å². The summed E-state index contributed by atoms with van der Waals surface area (Å²) in [7, 11) is 1.47. The highest BCUT2D eigenvalue weighted by Crippen LogP contribution is 2.30. The highest BCUT2D eigenvalue weighted by Gasteiger charge is 2.16. The highest BCUT2D eigenvalue weighted by atomic mass is 35.5. The minimum absolute atomic E-state index is 0.155. The molecule has 0 aliphatic rings. The number of benzene rings is 2. The zero-order valence-electron chi connectivity index (χ0n) is 11.8. The molecule has 2 amide bonds. The van der Waals surface area contributed by atoms with Gasteiger partial charge in [-0.1, -0.05) is 40.9 Å². The molecule has 0 aliphatic carbocycles. The molecule has 2 rings (SSSR count). The molecule has 2 aromatic carbocycles. The van der Waals surface area contributed by atoms with Crippen LogP contribution < -0.4 is 15.4 Å². The van der Waals surface area contributed by atoms with Crippen molar-refractivity contribution in [2.45, 2.75) is 0 Å². The summed E-state index contributed by atoms with van der Waals surface area (Å²) in [5.74, 6) is -1.30. The van der Waals surface area contributed by atoms with Gasteiger partial charge in [0.2, 0.25) is 0 Å². The molecule has 0 aliphatic heterocycles. The second-order valence-electron chi connectivity index (χ2n) is 4.36. The second-order valence-corrected chi connectivity index (χ2v) is 5.55. The number of ether oxygens (including phenoxy) is 1. The molecule has 120 valence electrons. The molecule has 23 heavy (non-hydrogen) atoms. The van der Waals surface area contributed by atoms with Gasteiger partial charge < -0.3 is 15.4 Å². The summed E-state index contributed by atoms with van der Waals surface area (Å²) in [4.78, 5) is 23.8. The normalized spacial score (nSPS) is 10.1. The molecule has 0 radical (unpaired) electrons. The van der Waals surface area contributed by atoms with Crippen LogP contribution in [0.2, 0.25) is 15.1 Å². The van der Waals surface area contributed by atoms with Gasteiger partial charge in [-0.3, -0.25) is 9.59 Å². The fourth-order valence-electron chi connectivity index (χ4n) is 1.71. The maximum Gasteiger partial charge on any atom is 0.314 e. The topological polar surface area (TPSA) is 67.4 Å². The summed E-state index contributed by atoms with van der Waals surface area (Å²) in [6.07, 6.45) is 0. The lowest BCUT2D eigenvalue weighted by molar-refractivity contribution is -0.132. The number of halogens is 3. The fraction of sp³-hybridized carbons (Fsp3) is 0.0667. The first-order chi connectivity index (χ1) is 10.9. The molecule has 0 heterocycles. The Balaban J connectivity index is 2.07. The highest BCUT2D eigenvalue weighted by molar-refractivity contribution is 6.47. The Morgan fingerprint density at radius 3 is 2.30 bits per heavy atom. The van der Waals surface area contributed by atoms with Gasteiger partial charge in [-0.2, -0.15) is 0 Å². The van der Waals surface area contributed by atoms with E-state index in [1.807, 2.05) is 0 Å². The second kappa shape index (κ2) is 7.55. The fourth-order valence-corrected chi connectivity index (χ4v) is 2.32. The Hall–Kier alpha value is -1.95. The van der Waals surface area contributed by atoms with Crippen molar-refractivity contribution < 1.29 is 14.3 Å². The van der Waals surface area contributed by atoms with Gasteiger partial charge in [0.15, 0.2) is 0 Å². The Labute approximate surface area is 147 Å². The van der Waals surface area contributed by atoms with Crippen LogP contribution in [0.25, 0.3) is 0 Å². The number of hydrogen-bond acceptors (Lipinski definition) is 3. The number of amides is 2. The molecule has 8 heteroatoms. The molecule has 0 fully saturated rings. The molecule has 0 saturated carbocycles. The van der Waals surface area contributed by atoms with E-state index in [2.05, 4.69) is 10.6 Å². The van der Waals surface area contributed by atoms with Crippen molar-refractivity contribution in [2.24, 2.45) is 0 Å². The first-order valence-electron chi connectivity index (χ1n) is 6.32. The van der Waals surface area contributed by atoms with Crippen molar-refractivity contribution >= 4 is 58.0 Å². The molecule has 0 bridgehead atoms. The molecule has 2 N–H and O–H groups in total. The van der Waals surface area contributed by atoms with Gasteiger partial charge in [-0.05, 0) is 30.3 Å². The van der Waals surface area contributed by atoms with Crippen LogP contribution in [0.5, 0.6) is 5.75 Å². The number of methoxy groups -OCH3 is 1. The standard InChI is InChI=1S/C15H11Cl3N2O3/c1-23-12-6-5-8(7-10(12)17)19-14(21)15(22)20-11-4-2-3-9(16)13(11)18/h2-7H,1H3,(H,19,21)(H,20,22). The van der Waals surface area contributed by atoms with E-state index in [1.54, 1.807) is 24.3 Å². The lowest BCUT2D eigenvalue weighted by atomic mass is 10.3. The zero-order valence-corrected chi connectivity index (χ0v) is 14.1. The Morgan fingerprint density at radius 1 is 0.957 bits per heavy atom. The average molecular weight is 374 g/mol. The van der Waals surface area contributed by atoms with Crippen LogP contribution in [0.15, 0.2) is 36.4 Å². The van der Waals surface area contributed by atoms with E-state index in [0.29, 0.717) is 16.5 Å². The van der Waals surface area contributed by atoms with Crippen LogP contribution in [0.1, 0.15) is 0 Å². The molecular weight excluding hydrogens is 363 g/mol. The average Bonchev–Trinajstić information content (AvgIpc) is 2.52. The van der Waals surface area contributed by atoms with Gasteiger partial charge in [-0.15, -0.1) is 0 Å². The summed E-state index contributed by atoms with van der Waals surface area (Å²) in [5.41, 5.74) is 0.597. The van der Waals surface area contributed by atoms with Crippen molar-refractivity contribution in [1.29, 1.82) is 0 Å². The number of carbonyl (C=O) groups excluding carboxylic acids is 2. The van der Waals surface area contributed by atoms with Gasteiger partial charge in [0.25, 0.3) is 0 Å². The first kappa shape index (κ1) is 17.4. The lowest BCUT2D eigenvalue weighted by Gasteiger charge is -2.09. The Morgan fingerprint density at radius 2 is 1.65 bits per heavy atom. The number of rotatable bonds is 3. The number of nitrogens with one attached hydrogen (secondary N) is 2. The largest absolute Gasteiger partial charge is 0.495 e. The van der Waals surface area contributed by atoms with Crippen molar-refractivity contribution in [3.05, 3.63) is 51.5 Å². The smallest absolute Gasteiger partial charge is 0.314 e. The molecule has 0 saturated heterocycles. The summed E-state index contributed by atoms with van der Waals surface area (Å²) in [6, 6.07) is 9.30. The monoisotopic (exact) mass is 372 g/mol. The van der Waals surface area contributed by atoms with Crippen molar-refractivity contribution in [3.8, 4) is 5.75 Å². The van der Waals surface area contributed by atoms with Crippen LogP contribution >= 0.6 is 34.8 Å². The number of anilines is 2. The third kappa shape index (κ3) is 4.28. The van der Waals surface area contributed by atoms with E-state index in [9.17, 15) is 9.59 Å². The summed E-state index contributed by atoms with van der Waals surface area (Å²) in [6.45, 7) is 0. The molecule has 2 aromatic rings. The van der Waals surface area contributed by atoms with E-state index >= 15 is 0 Å². The van der Waals surface area contributed by atoms with Crippen LogP contribution in [0.3, 0.4) is 0 Å². The SMILES string of the molecule is COc1ccc(NC(=O)C(=O)Nc2cccc(Cl)c2Cl)cc1Cl. The minimum Gasteiger partial charge on any atom is -0.495 e. The van der Waals surface area contributed by atoms with Gasteiger partial charge >= 0.3 is 11.8 Å². The van der Waals surface area contributed by atoms with E-state index in [-0.39, 0.29) is 15.7 Å². The maximum absolute atomic E-state index is 11.9. The summed E-state index contributed by atoms with van der Waals surface area (Å²) >= 11 is 17.7. The van der Waals surface area contributed by atoms with Gasteiger partial charge in [0.1, 0.15) is 5.75 Å². The molecule has 0 spiro atoms. The van der Waals surface area contributed by atoms with E-state index in [4.69, 9.17) is 39.5 Å². The van der Waals surface area contributed by atoms with Gasteiger partial charge in [-0.25, -0.2) is 0 Å². The van der Waals surface area contributed by atoms with Gasteiger partial charge in [0.05, 0.1) is 27.9 Å². The maximum atomic E-state index is 11.9. The van der Waals surface area contributed by atoms with Crippen molar-refractivity contribution in [1.82, 2.24) is 0 Å². The Kier molecular flexibility index (Phi) is 5.71. The Bertz CT molecular complexity index is 766. The minimum atomic E-state index is -0.888. The van der Waals surface area contributed by atoms with Crippen LogP contribution in [0, 0.1) is 0 Å². The molecule has 0 unspecified atom stereocenters. The summed E-state index contributed by atoms with van der Waals surface area (Å²) in [5, 5.41) is 5.54. The predicted molar refractivity (Wildman–Crippen MR) is 91.7 cm³/mol. The zero-order chi connectivity index (χ0) is 17.0. The third-order valence-electron chi connectivity index (χ3n) is 2.82. The first-order valence-corrected chi connectivity index (χ1v) is 7.45. The summed E-state index contributed by atoms with van der Waals surface area (Å²) < 4.78 is 5.00. The van der Waals surface area contributed by atoms with E-state index < -0.39 is 11.8 Å².